The van der Waals surface area contributed by atoms with Crippen LogP contribution in [0.1, 0.15) is 0 Å². The van der Waals surface area contributed by atoms with Gasteiger partial charge >= 0.3 is 0 Å². The second-order valence-corrected chi connectivity index (χ2v) is 9.96. The van der Waals surface area contributed by atoms with Gasteiger partial charge in [0, 0.05) is 18.1 Å². The molecule has 0 saturated carbocycles. The number of nitrogens with zero attached hydrogens (tertiary/aromatic N) is 3. The molecule has 0 aliphatic rings. The molecule has 6 nitrogen and oxygen atoms in total. The Bertz CT molecular complexity index is 1090. The number of thiazole rings is 1. The first-order valence-electron chi connectivity index (χ1n) is 8.55. The Labute approximate surface area is 185 Å². The van der Waals surface area contributed by atoms with Crippen molar-refractivity contribution in [2.75, 3.05) is 37.8 Å². The van der Waals surface area contributed by atoms with Crippen LogP contribution < -0.4 is 4.90 Å². The van der Waals surface area contributed by atoms with Crippen LogP contribution in [0.2, 0.25) is 5.02 Å². The standard InChI is InChI=1S/C19H20ClN3O3S2.ClH/c1-22(2)10-11-23(19-21-16-9-8-14(20)12-17(16)27-19)18(24)13-28(25,26)15-6-4-3-5-7-15;/h3-9,12H,10-11,13H2,1-2H3;1H. The maximum absolute atomic E-state index is 13.0. The largest absolute Gasteiger partial charge is 0.308 e. The summed E-state index contributed by atoms with van der Waals surface area (Å²) in [6.07, 6.45) is 0. The van der Waals surface area contributed by atoms with Gasteiger partial charge in [0.05, 0.1) is 15.1 Å². The van der Waals surface area contributed by atoms with Crippen molar-refractivity contribution in [3.05, 3.63) is 53.6 Å². The van der Waals surface area contributed by atoms with Crippen LogP contribution in [0.4, 0.5) is 5.13 Å². The highest BCUT2D eigenvalue weighted by molar-refractivity contribution is 7.92. The summed E-state index contributed by atoms with van der Waals surface area (Å²) in [5, 5.41) is 1.05. The molecule has 10 heteroatoms. The fourth-order valence-corrected chi connectivity index (χ4v) is 5.08. The second-order valence-electron chi connectivity index (χ2n) is 6.53. The third-order valence-electron chi connectivity index (χ3n) is 4.06. The Hall–Kier alpha value is -1.71. The third-order valence-corrected chi connectivity index (χ3v) is 6.95. The lowest BCUT2D eigenvalue weighted by atomic mass is 10.3. The number of carbonyl (C=O) groups is 1. The van der Waals surface area contributed by atoms with Gasteiger partial charge in [-0.15, -0.1) is 12.4 Å². The number of anilines is 1. The molecule has 0 radical (unpaired) electrons. The number of rotatable bonds is 7. The fraction of sp³-hybridized carbons (Fsp3) is 0.263. The van der Waals surface area contributed by atoms with Crippen LogP contribution in [0.25, 0.3) is 10.2 Å². The number of sulfone groups is 1. The maximum Gasteiger partial charge on any atom is 0.244 e. The van der Waals surface area contributed by atoms with E-state index in [9.17, 15) is 13.2 Å². The summed E-state index contributed by atoms with van der Waals surface area (Å²) in [7, 11) is 0.0438. The molecule has 2 aromatic carbocycles. The average molecular weight is 474 g/mol. The molecule has 1 heterocycles. The van der Waals surface area contributed by atoms with Crippen molar-refractivity contribution < 1.29 is 13.2 Å². The van der Waals surface area contributed by atoms with Crippen molar-refractivity contribution in [1.29, 1.82) is 0 Å². The zero-order valence-corrected chi connectivity index (χ0v) is 19.1. The molecule has 3 aromatic rings. The van der Waals surface area contributed by atoms with Crippen LogP contribution >= 0.6 is 35.3 Å². The van der Waals surface area contributed by atoms with E-state index >= 15 is 0 Å². The Kier molecular flexibility index (Phi) is 8.02. The van der Waals surface area contributed by atoms with Gasteiger partial charge in [0.1, 0.15) is 5.75 Å². The molecule has 1 amide bonds. The molecule has 156 valence electrons. The first-order chi connectivity index (χ1) is 13.3. The topological polar surface area (TPSA) is 70.6 Å². The van der Waals surface area contributed by atoms with Crippen molar-refractivity contribution in [3.63, 3.8) is 0 Å². The number of halogens is 2. The smallest absolute Gasteiger partial charge is 0.244 e. The number of hydrogen-bond donors (Lipinski definition) is 0. The highest BCUT2D eigenvalue weighted by Crippen LogP contribution is 2.31. The molecule has 0 aliphatic heterocycles. The van der Waals surface area contributed by atoms with E-state index in [1.54, 1.807) is 36.4 Å². The number of benzene rings is 2. The molecular weight excluding hydrogens is 453 g/mol. The molecule has 0 N–H and O–H groups in total. The van der Waals surface area contributed by atoms with E-state index in [0.29, 0.717) is 23.2 Å². The van der Waals surface area contributed by atoms with E-state index in [1.807, 2.05) is 19.0 Å². The summed E-state index contributed by atoms with van der Waals surface area (Å²) in [6, 6.07) is 13.3. The Morgan fingerprint density at radius 3 is 2.45 bits per heavy atom. The van der Waals surface area contributed by atoms with Crippen LogP contribution in [-0.4, -0.2) is 57.1 Å². The van der Waals surface area contributed by atoms with Gasteiger partial charge in [0.15, 0.2) is 15.0 Å². The van der Waals surface area contributed by atoms with E-state index in [-0.39, 0.29) is 17.3 Å². The molecule has 0 bridgehead atoms. The highest BCUT2D eigenvalue weighted by atomic mass is 35.5. The molecule has 0 atom stereocenters. The van der Waals surface area contributed by atoms with E-state index in [0.717, 1.165) is 10.2 Å². The normalized spacial score (nSPS) is 11.4. The number of amides is 1. The van der Waals surface area contributed by atoms with Crippen LogP contribution in [0.15, 0.2) is 53.4 Å². The van der Waals surface area contributed by atoms with Gasteiger partial charge in [-0.2, -0.15) is 0 Å². The lowest BCUT2D eigenvalue weighted by Gasteiger charge is -2.22. The highest BCUT2D eigenvalue weighted by Gasteiger charge is 2.26. The van der Waals surface area contributed by atoms with Gasteiger partial charge in [0.2, 0.25) is 5.91 Å². The van der Waals surface area contributed by atoms with Crippen LogP contribution in [0.3, 0.4) is 0 Å². The summed E-state index contributed by atoms with van der Waals surface area (Å²) in [6.45, 7) is 0.914. The van der Waals surface area contributed by atoms with Gasteiger partial charge in [-0.1, -0.05) is 41.1 Å². The van der Waals surface area contributed by atoms with E-state index < -0.39 is 21.5 Å². The lowest BCUT2D eigenvalue weighted by molar-refractivity contribution is -0.116. The van der Waals surface area contributed by atoms with Crippen molar-refractivity contribution in [3.8, 4) is 0 Å². The van der Waals surface area contributed by atoms with Crippen LogP contribution in [0.5, 0.6) is 0 Å². The van der Waals surface area contributed by atoms with Crippen molar-refractivity contribution >= 4 is 66.4 Å². The molecule has 0 aliphatic carbocycles. The first kappa shape index (κ1) is 23.6. The minimum atomic E-state index is -3.74. The number of likely N-dealkylation sites (N-methyl/N-ethyl adjacent to an activating group) is 1. The Morgan fingerprint density at radius 2 is 1.79 bits per heavy atom. The number of hydrogen-bond acceptors (Lipinski definition) is 6. The molecule has 1 aromatic heterocycles. The third kappa shape index (κ3) is 5.90. The van der Waals surface area contributed by atoms with Gasteiger partial charge in [-0.05, 0) is 44.4 Å². The monoisotopic (exact) mass is 473 g/mol. The van der Waals surface area contributed by atoms with Gasteiger partial charge in [-0.3, -0.25) is 9.69 Å². The molecule has 0 spiro atoms. The van der Waals surface area contributed by atoms with E-state index in [4.69, 9.17) is 11.6 Å². The van der Waals surface area contributed by atoms with E-state index in [2.05, 4.69) is 4.98 Å². The molecule has 3 rings (SSSR count). The van der Waals surface area contributed by atoms with Crippen molar-refractivity contribution in [2.45, 2.75) is 4.90 Å². The molecule has 29 heavy (non-hydrogen) atoms. The Morgan fingerprint density at radius 1 is 1.10 bits per heavy atom. The van der Waals surface area contributed by atoms with Crippen LogP contribution in [-0.2, 0) is 14.6 Å². The molecule has 0 fully saturated rings. The van der Waals surface area contributed by atoms with Crippen molar-refractivity contribution in [2.24, 2.45) is 0 Å². The fourth-order valence-electron chi connectivity index (χ4n) is 2.58. The minimum absolute atomic E-state index is 0. The molecule has 0 unspecified atom stereocenters. The number of aromatic nitrogens is 1. The summed E-state index contributed by atoms with van der Waals surface area (Å²) in [5.41, 5.74) is 0.720. The quantitative estimate of drug-likeness (QED) is 0.522. The first-order valence-corrected chi connectivity index (χ1v) is 11.4. The second kappa shape index (κ2) is 9.86. The average Bonchev–Trinajstić information content (AvgIpc) is 3.04. The SMILES string of the molecule is CN(C)CCN(C(=O)CS(=O)(=O)c1ccccc1)c1nc2ccc(Cl)cc2s1.Cl. The lowest BCUT2D eigenvalue weighted by Crippen LogP contribution is -2.40. The predicted octanol–water partition coefficient (Wildman–Crippen LogP) is 3.74. The summed E-state index contributed by atoms with van der Waals surface area (Å²) in [5.74, 6) is -1.11. The molecule has 0 saturated heterocycles. The predicted molar refractivity (Wildman–Crippen MR) is 121 cm³/mol. The molecular formula is C19H21Cl2N3O3S2. The van der Waals surface area contributed by atoms with E-state index in [1.165, 1.54) is 28.4 Å². The zero-order chi connectivity index (χ0) is 20.3. The zero-order valence-electron chi connectivity index (χ0n) is 15.9. The van der Waals surface area contributed by atoms with Crippen LogP contribution in [0, 0.1) is 0 Å². The van der Waals surface area contributed by atoms with Gasteiger partial charge in [-0.25, -0.2) is 13.4 Å². The van der Waals surface area contributed by atoms with Gasteiger partial charge in [0.25, 0.3) is 0 Å². The summed E-state index contributed by atoms with van der Waals surface area (Å²) >= 11 is 7.36. The summed E-state index contributed by atoms with van der Waals surface area (Å²) < 4.78 is 26.1. The Balaban J connectivity index is 0.00000300. The minimum Gasteiger partial charge on any atom is -0.308 e. The number of fused-ring (bicyclic) bond motifs is 1. The maximum atomic E-state index is 13.0. The number of carbonyl (C=O) groups excluding carboxylic acids is 1. The summed E-state index contributed by atoms with van der Waals surface area (Å²) in [4.78, 5) is 21.0. The van der Waals surface area contributed by atoms with Gasteiger partial charge < -0.3 is 4.90 Å². The van der Waals surface area contributed by atoms with Crippen molar-refractivity contribution in [1.82, 2.24) is 9.88 Å².